The minimum atomic E-state index is 0.243. The lowest BCUT2D eigenvalue weighted by molar-refractivity contribution is -0.00550. The third-order valence-corrected chi connectivity index (χ3v) is 3.31. The molecule has 2 rings (SSSR count). The lowest BCUT2D eigenvalue weighted by Gasteiger charge is -2.35. The molecule has 0 bridgehead atoms. The van der Waals surface area contributed by atoms with Gasteiger partial charge < -0.3 is 15.0 Å². The van der Waals surface area contributed by atoms with Crippen LogP contribution >= 0.6 is 0 Å². The fraction of sp³-hybridized carbons (Fsp3) is 0.733. The van der Waals surface area contributed by atoms with Crippen molar-refractivity contribution >= 4 is 5.82 Å². The number of aromatic nitrogens is 2. The molecule has 1 aromatic rings. The minimum absolute atomic E-state index is 0.243. The Bertz CT molecular complexity index is 397. The molecule has 5 heteroatoms. The molecule has 0 amide bonds. The van der Waals surface area contributed by atoms with Crippen molar-refractivity contribution in [3.8, 4) is 0 Å². The van der Waals surface area contributed by atoms with Gasteiger partial charge in [-0.1, -0.05) is 13.8 Å². The lowest BCUT2D eigenvalue weighted by atomic mass is 10.2. The summed E-state index contributed by atoms with van der Waals surface area (Å²) in [5.74, 6) is 1.60. The quantitative estimate of drug-likeness (QED) is 0.890. The van der Waals surface area contributed by atoms with Crippen LogP contribution < -0.4 is 10.2 Å². The van der Waals surface area contributed by atoms with Gasteiger partial charge in [0.15, 0.2) is 5.82 Å². The Hall–Kier alpha value is -1.20. The fourth-order valence-corrected chi connectivity index (χ4v) is 2.47. The molecule has 2 heterocycles. The molecule has 0 aromatic carbocycles. The number of nitrogens with zero attached hydrogens (tertiary/aromatic N) is 3. The second kappa shape index (κ2) is 6.99. The average Bonchev–Trinajstić information content (AvgIpc) is 2.38. The molecule has 0 unspecified atom stereocenters. The summed E-state index contributed by atoms with van der Waals surface area (Å²) >= 11 is 0. The maximum Gasteiger partial charge on any atom is 0.151 e. The Labute approximate surface area is 121 Å². The van der Waals surface area contributed by atoms with Crippen LogP contribution in [-0.4, -0.2) is 42.0 Å². The van der Waals surface area contributed by atoms with E-state index in [0.717, 1.165) is 37.7 Å². The first-order valence-electron chi connectivity index (χ1n) is 7.48. The Morgan fingerprint density at radius 1 is 1.25 bits per heavy atom. The zero-order valence-corrected chi connectivity index (χ0v) is 13.0. The molecule has 1 saturated heterocycles. The molecular formula is C15H26N4O. The summed E-state index contributed by atoms with van der Waals surface area (Å²) in [7, 11) is 0. The molecular weight excluding hydrogens is 252 g/mol. The highest BCUT2D eigenvalue weighted by molar-refractivity contribution is 5.38. The third kappa shape index (κ3) is 4.42. The van der Waals surface area contributed by atoms with Gasteiger partial charge in [-0.25, -0.2) is 0 Å². The molecule has 0 saturated carbocycles. The number of nitrogens with one attached hydrogen (secondary N) is 1. The van der Waals surface area contributed by atoms with E-state index in [1.165, 1.54) is 0 Å². The van der Waals surface area contributed by atoms with Crippen molar-refractivity contribution in [2.75, 3.05) is 24.5 Å². The van der Waals surface area contributed by atoms with E-state index in [2.05, 4.69) is 60.2 Å². The second-order valence-electron chi connectivity index (χ2n) is 6.07. The normalized spacial score (nSPS) is 23.4. The number of ether oxygens (including phenoxy) is 1. The van der Waals surface area contributed by atoms with Gasteiger partial charge in [-0.3, -0.25) is 0 Å². The number of rotatable bonds is 5. The standard InChI is InChI=1S/C15H26N4O/c1-11(2)7-16-8-14-5-6-15(18-17-14)19-9-12(3)20-13(4)10-19/h5-6,11-13,16H,7-10H2,1-4H3/t12-,13+. The summed E-state index contributed by atoms with van der Waals surface area (Å²) in [5, 5.41) is 12.0. The van der Waals surface area contributed by atoms with Crippen molar-refractivity contribution in [1.82, 2.24) is 15.5 Å². The van der Waals surface area contributed by atoms with Crippen LogP contribution in [-0.2, 0) is 11.3 Å². The van der Waals surface area contributed by atoms with E-state index in [4.69, 9.17) is 4.74 Å². The molecule has 112 valence electrons. The highest BCUT2D eigenvalue weighted by atomic mass is 16.5. The van der Waals surface area contributed by atoms with Crippen LogP contribution in [0.5, 0.6) is 0 Å². The molecule has 0 spiro atoms. The van der Waals surface area contributed by atoms with Gasteiger partial charge in [0.05, 0.1) is 17.9 Å². The highest BCUT2D eigenvalue weighted by Gasteiger charge is 2.23. The van der Waals surface area contributed by atoms with Crippen molar-refractivity contribution in [2.24, 2.45) is 5.92 Å². The van der Waals surface area contributed by atoms with Crippen molar-refractivity contribution in [1.29, 1.82) is 0 Å². The molecule has 1 aliphatic rings. The minimum Gasteiger partial charge on any atom is -0.372 e. The summed E-state index contributed by atoms with van der Waals surface area (Å²) in [6.07, 6.45) is 0.487. The van der Waals surface area contributed by atoms with Crippen LogP contribution in [0.1, 0.15) is 33.4 Å². The summed E-state index contributed by atoms with van der Waals surface area (Å²) in [5.41, 5.74) is 0.990. The van der Waals surface area contributed by atoms with Crippen LogP contribution in [0.2, 0.25) is 0 Å². The molecule has 0 radical (unpaired) electrons. The second-order valence-corrected chi connectivity index (χ2v) is 6.07. The van der Waals surface area contributed by atoms with Crippen LogP contribution in [0.4, 0.5) is 5.82 Å². The number of hydrogen-bond donors (Lipinski definition) is 1. The Kier molecular flexibility index (Phi) is 5.31. The zero-order chi connectivity index (χ0) is 14.5. The summed E-state index contributed by atoms with van der Waals surface area (Å²) in [6.45, 7) is 12.1. The Morgan fingerprint density at radius 2 is 1.95 bits per heavy atom. The van der Waals surface area contributed by atoms with Crippen molar-refractivity contribution < 1.29 is 4.74 Å². The van der Waals surface area contributed by atoms with E-state index in [1.807, 2.05) is 0 Å². The lowest BCUT2D eigenvalue weighted by Crippen LogP contribution is -2.45. The molecule has 5 nitrogen and oxygen atoms in total. The van der Waals surface area contributed by atoms with Crippen LogP contribution in [0.3, 0.4) is 0 Å². The third-order valence-electron chi connectivity index (χ3n) is 3.31. The topological polar surface area (TPSA) is 50.3 Å². The zero-order valence-electron chi connectivity index (χ0n) is 13.0. The predicted octanol–water partition coefficient (Wildman–Crippen LogP) is 1.84. The van der Waals surface area contributed by atoms with E-state index in [9.17, 15) is 0 Å². The monoisotopic (exact) mass is 278 g/mol. The van der Waals surface area contributed by atoms with E-state index in [0.29, 0.717) is 5.92 Å². The Balaban J connectivity index is 1.90. The van der Waals surface area contributed by atoms with Crippen LogP contribution in [0.25, 0.3) is 0 Å². The van der Waals surface area contributed by atoms with E-state index in [-0.39, 0.29) is 12.2 Å². The van der Waals surface area contributed by atoms with Crippen molar-refractivity contribution in [3.05, 3.63) is 17.8 Å². The van der Waals surface area contributed by atoms with Crippen LogP contribution in [0, 0.1) is 5.92 Å². The fourth-order valence-electron chi connectivity index (χ4n) is 2.47. The Morgan fingerprint density at radius 3 is 2.50 bits per heavy atom. The largest absolute Gasteiger partial charge is 0.372 e. The van der Waals surface area contributed by atoms with Gasteiger partial charge in [-0.05, 0) is 38.4 Å². The smallest absolute Gasteiger partial charge is 0.151 e. The first kappa shape index (κ1) is 15.2. The van der Waals surface area contributed by atoms with Crippen molar-refractivity contribution in [3.63, 3.8) is 0 Å². The predicted molar refractivity (Wildman–Crippen MR) is 80.8 cm³/mol. The SMILES string of the molecule is CC(C)CNCc1ccc(N2C[C@@H](C)O[C@@H](C)C2)nn1. The summed E-state index contributed by atoms with van der Waals surface area (Å²) in [6, 6.07) is 4.12. The maximum absolute atomic E-state index is 5.74. The van der Waals surface area contributed by atoms with Gasteiger partial charge in [0, 0.05) is 19.6 Å². The molecule has 1 aromatic heterocycles. The average molecular weight is 278 g/mol. The van der Waals surface area contributed by atoms with Gasteiger partial charge in [0.25, 0.3) is 0 Å². The molecule has 0 aliphatic carbocycles. The van der Waals surface area contributed by atoms with Gasteiger partial charge >= 0.3 is 0 Å². The number of morpholine rings is 1. The van der Waals surface area contributed by atoms with E-state index in [1.54, 1.807) is 0 Å². The number of anilines is 1. The van der Waals surface area contributed by atoms with Gasteiger partial charge in [0.2, 0.25) is 0 Å². The van der Waals surface area contributed by atoms with Gasteiger partial charge in [0.1, 0.15) is 0 Å². The number of hydrogen-bond acceptors (Lipinski definition) is 5. The first-order valence-corrected chi connectivity index (χ1v) is 7.48. The summed E-state index contributed by atoms with van der Waals surface area (Å²) < 4.78 is 5.74. The molecule has 2 atom stereocenters. The summed E-state index contributed by atoms with van der Waals surface area (Å²) in [4.78, 5) is 2.25. The van der Waals surface area contributed by atoms with E-state index < -0.39 is 0 Å². The van der Waals surface area contributed by atoms with Crippen molar-refractivity contribution in [2.45, 2.75) is 46.4 Å². The first-order chi connectivity index (χ1) is 9.54. The van der Waals surface area contributed by atoms with Crippen LogP contribution in [0.15, 0.2) is 12.1 Å². The maximum atomic E-state index is 5.74. The highest BCUT2D eigenvalue weighted by Crippen LogP contribution is 2.17. The molecule has 1 N–H and O–H groups in total. The van der Waals surface area contributed by atoms with Gasteiger partial charge in [-0.2, -0.15) is 5.10 Å². The molecule has 20 heavy (non-hydrogen) atoms. The van der Waals surface area contributed by atoms with E-state index >= 15 is 0 Å². The van der Waals surface area contributed by atoms with Gasteiger partial charge in [-0.15, -0.1) is 5.10 Å². The molecule has 1 fully saturated rings. The molecule has 1 aliphatic heterocycles.